The molecule has 0 aliphatic rings. The second-order valence-corrected chi connectivity index (χ2v) is 4.69. The number of hydrogen-bond acceptors (Lipinski definition) is 1. The Hall–Kier alpha value is -0.980. The summed E-state index contributed by atoms with van der Waals surface area (Å²) in [7, 11) is 2.02. The summed E-state index contributed by atoms with van der Waals surface area (Å²) in [6.07, 6.45) is 0. The quantitative estimate of drug-likeness (QED) is 0.767. The second-order valence-electron chi connectivity index (χ2n) is 4.69. The van der Waals surface area contributed by atoms with Crippen molar-refractivity contribution in [3.8, 4) is 0 Å². The van der Waals surface area contributed by atoms with Gasteiger partial charge in [-0.2, -0.15) is 0 Å². The van der Waals surface area contributed by atoms with E-state index in [4.69, 9.17) is 0 Å². The SMILES string of the molecule is CNc1c(C)c(C)c(C)c(C)c1C(C)C. The topological polar surface area (TPSA) is 12.0 Å². The number of anilines is 1. The fourth-order valence-corrected chi connectivity index (χ4v) is 2.39. The summed E-state index contributed by atoms with van der Waals surface area (Å²) in [5.41, 5.74) is 8.49. The zero-order chi connectivity index (χ0) is 11.7. The minimum absolute atomic E-state index is 0.574. The van der Waals surface area contributed by atoms with Gasteiger partial charge in [0.2, 0.25) is 0 Å². The summed E-state index contributed by atoms with van der Waals surface area (Å²) in [5, 5.41) is 3.35. The standard InChI is InChI=1S/C14H23N/c1-8(2)13-11(5)9(3)10(4)12(6)14(13)15-7/h8,15H,1-7H3. The molecule has 0 fully saturated rings. The van der Waals surface area contributed by atoms with E-state index in [1.165, 1.54) is 33.5 Å². The molecule has 0 aliphatic heterocycles. The van der Waals surface area contributed by atoms with E-state index < -0.39 is 0 Å². The largest absolute Gasteiger partial charge is 0.388 e. The van der Waals surface area contributed by atoms with Gasteiger partial charge in [-0.25, -0.2) is 0 Å². The minimum Gasteiger partial charge on any atom is -0.388 e. The predicted molar refractivity (Wildman–Crippen MR) is 69.0 cm³/mol. The molecule has 0 aromatic heterocycles. The smallest absolute Gasteiger partial charge is 0.0408 e. The molecule has 1 N–H and O–H groups in total. The van der Waals surface area contributed by atoms with Gasteiger partial charge >= 0.3 is 0 Å². The predicted octanol–water partition coefficient (Wildman–Crippen LogP) is 4.09. The van der Waals surface area contributed by atoms with E-state index in [1.54, 1.807) is 0 Å². The summed E-state index contributed by atoms with van der Waals surface area (Å²) < 4.78 is 0. The normalized spacial score (nSPS) is 10.9. The highest BCUT2D eigenvalue weighted by atomic mass is 14.8. The van der Waals surface area contributed by atoms with Crippen molar-refractivity contribution in [2.75, 3.05) is 12.4 Å². The van der Waals surface area contributed by atoms with Gasteiger partial charge in [-0.1, -0.05) is 13.8 Å². The second kappa shape index (κ2) is 4.26. The first-order valence-corrected chi connectivity index (χ1v) is 5.69. The number of nitrogens with one attached hydrogen (secondary N) is 1. The van der Waals surface area contributed by atoms with Gasteiger partial charge in [0.1, 0.15) is 0 Å². The first kappa shape index (κ1) is 12.1. The van der Waals surface area contributed by atoms with Crippen molar-refractivity contribution in [2.24, 2.45) is 0 Å². The fraction of sp³-hybridized carbons (Fsp3) is 0.571. The van der Waals surface area contributed by atoms with Crippen LogP contribution in [0.5, 0.6) is 0 Å². The number of hydrogen-bond donors (Lipinski definition) is 1. The molecule has 0 saturated carbocycles. The van der Waals surface area contributed by atoms with Gasteiger partial charge in [0.15, 0.2) is 0 Å². The van der Waals surface area contributed by atoms with Crippen molar-refractivity contribution in [3.05, 3.63) is 27.8 Å². The highest BCUT2D eigenvalue weighted by molar-refractivity contribution is 5.65. The average Bonchev–Trinajstić information content (AvgIpc) is 2.19. The molecule has 0 heterocycles. The van der Waals surface area contributed by atoms with E-state index in [9.17, 15) is 0 Å². The van der Waals surface area contributed by atoms with Crippen molar-refractivity contribution < 1.29 is 0 Å². The summed E-state index contributed by atoms with van der Waals surface area (Å²) in [6.45, 7) is 13.4. The van der Waals surface area contributed by atoms with Crippen LogP contribution in [-0.2, 0) is 0 Å². The van der Waals surface area contributed by atoms with Crippen LogP contribution < -0.4 is 5.32 Å². The van der Waals surface area contributed by atoms with Crippen molar-refractivity contribution in [1.29, 1.82) is 0 Å². The van der Waals surface area contributed by atoms with E-state index in [1.807, 2.05) is 7.05 Å². The van der Waals surface area contributed by atoms with Crippen molar-refractivity contribution >= 4 is 5.69 Å². The third-order valence-corrected chi connectivity index (χ3v) is 3.56. The van der Waals surface area contributed by atoms with Gasteiger partial charge in [0, 0.05) is 12.7 Å². The highest BCUT2D eigenvalue weighted by Crippen LogP contribution is 2.35. The van der Waals surface area contributed by atoms with E-state index >= 15 is 0 Å². The van der Waals surface area contributed by atoms with Gasteiger partial charge in [-0.05, 0) is 61.4 Å². The zero-order valence-electron chi connectivity index (χ0n) is 11.1. The molecule has 1 aromatic carbocycles. The molecule has 1 nitrogen and oxygen atoms in total. The maximum atomic E-state index is 3.35. The molecule has 0 bridgehead atoms. The Morgan fingerprint density at radius 2 is 1.27 bits per heavy atom. The Labute approximate surface area is 93.9 Å². The van der Waals surface area contributed by atoms with Crippen LogP contribution in [-0.4, -0.2) is 7.05 Å². The van der Waals surface area contributed by atoms with Gasteiger partial charge in [-0.3, -0.25) is 0 Å². The van der Waals surface area contributed by atoms with Crippen molar-refractivity contribution in [3.63, 3.8) is 0 Å². The molecule has 0 radical (unpaired) electrons. The lowest BCUT2D eigenvalue weighted by molar-refractivity contribution is 0.851. The first-order chi connectivity index (χ1) is 6.91. The molecule has 84 valence electrons. The number of rotatable bonds is 2. The molecular formula is C14H23N. The Kier molecular flexibility index (Phi) is 3.43. The lowest BCUT2D eigenvalue weighted by Gasteiger charge is -2.22. The summed E-state index contributed by atoms with van der Waals surface area (Å²) in [5.74, 6) is 0.574. The van der Waals surface area contributed by atoms with E-state index in [2.05, 4.69) is 46.9 Å². The summed E-state index contributed by atoms with van der Waals surface area (Å²) in [4.78, 5) is 0. The molecule has 0 saturated heterocycles. The third-order valence-electron chi connectivity index (χ3n) is 3.56. The summed E-state index contributed by atoms with van der Waals surface area (Å²) in [6, 6.07) is 0. The average molecular weight is 205 g/mol. The minimum atomic E-state index is 0.574. The monoisotopic (exact) mass is 205 g/mol. The Bertz CT molecular complexity index is 376. The van der Waals surface area contributed by atoms with Crippen LogP contribution >= 0.6 is 0 Å². The number of benzene rings is 1. The van der Waals surface area contributed by atoms with Crippen LogP contribution in [0.2, 0.25) is 0 Å². The third kappa shape index (κ3) is 1.88. The maximum Gasteiger partial charge on any atom is 0.0408 e. The molecule has 1 heteroatoms. The van der Waals surface area contributed by atoms with Crippen LogP contribution in [0.25, 0.3) is 0 Å². The first-order valence-electron chi connectivity index (χ1n) is 5.69. The Balaban J connectivity index is 3.62. The van der Waals surface area contributed by atoms with Crippen molar-refractivity contribution in [1.82, 2.24) is 0 Å². The van der Waals surface area contributed by atoms with Crippen LogP contribution in [0.4, 0.5) is 5.69 Å². The molecule has 1 aromatic rings. The van der Waals surface area contributed by atoms with Crippen molar-refractivity contribution in [2.45, 2.75) is 47.5 Å². The lowest BCUT2D eigenvalue weighted by Crippen LogP contribution is -2.06. The van der Waals surface area contributed by atoms with Gasteiger partial charge in [0.25, 0.3) is 0 Å². The molecule has 0 amide bonds. The van der Waals surface area contributed by atoms with Crippen LogP contribution in [0.15, 0.2) is 0 Å². The maximum absolute atomic E-state index is 3.35. The Morgan fingerprint density at radius 3 is 1.67 bits per heavy atom. The molecule has 0 spiro atoms. The molecule has 0 atom stereocenters. The molecule has 15 heavy (non-hydrogen) atoms. The van der Waals surface area contributed by atoms with Gasteiger partial charge in [-0.15, -0.1) is 0 Å². The Morgan fingerprint density at radius 1 is 0.800 bits per heavy atom. The van der Waals surface area contributed by atoms with Crippen LogP contribution in [0.3, 0.4) is 0 Å². The van der Waals surface area contributed by atoms with E-state index in [0.29, 0.717) is 5.92 Å². The highest BCUT2D eigenvalue weighted by Gasteiger charge is 2.16. The van der Waals surface area contributed by atoms with Crippen LogP contribution in [0.1, 0.15) is 47.6 Å². The van der Waals surface area contributed by atoms with E-state index in [-0.39, 0.29) is 0 Å². The van der Waals surface area contributed by atoms with Gasteiger partial charge in [0.05, 0.1) is 0 Å². The molecule has 0 aliphatic carbocycles. The van der Waals surface area contributed by atoms with Gasteiger partial charge < -0.3 is 5.32 Å². The summed E-state index contributed by atoms with van der Waals surface area (Å²) >= 11 is 0. The van der Waals surface area contributed by atoms with E-state index in [0.717, 1.165) is 0 Å². The molecule has 0 unspecified atom stereocenters. The van der Waals surface area contributed by atoms with Crippen LogP contribution in [0, 0.1) is 27.7 Å². The lowest BCUT2D eigenvalue weighted by atomic mass is 9.87. The zero-order valence-corrected chi connectivity index (χ0v) is 11.1. The molecular weight excluding hydrogens is 182 g/mol. The fourth-order valence-electron chi connectivity index (χ4n) is 2.39. The molecule has 1 rings (SSSR count).